The number of hydrogen-bond acceptors (Lipinski definition) is 2. The van der Waals surface area contributed by atoms with Crippen LogP contribution in [-0.2, 0) is 6.54 Å². The Balaban J connectivity index is 1.86. The number of nitrogens with two attached hydrogens (primary N) is 1. The molecule has 0 aliphatic rings. The summed E-state index contributed by atoms with van der Waals surface area (Å²) in [6, 6.07) is 14.9. The summed E-state index contributed by atoms with van der Waals surface area (Å²) >= 11 is 3.46. The summed E-state index contributed by atoms with van der Waals surface area (Å²) in [4.78, 5) is 2.09. The second kappa shape index (κ2) is 7.69. The Morgan fingerprint density at radius 2 is 1.95 bits per heavy atom. The van der Waals surface area contributed by atoms with E-state index in [2.05, 4.69) is 20.8 Å². The second-order valence-corrected chi connectivity index (χ2v) is 6.20. The first-order valence-corrected chi connectivity index (χ1v) is 7.78. The van der Waals surface area contributed by atoms with Gasteiger partial charge in [-0.1, -0.05) is 46.3 Å². The fraction of sp³-hybridized carbons (Fsp3) is 0.294. The lowest BCUT2D eigenvalue weighted by atomic mass is 10.0. The predicted octanol–water partition coefficient (Wildman–Crippen LogP) is 4.11. The van der Waals surface area contributed by atoms with Gasteiger partial charge in [0.05, 0.1) is 0 Å². The van der Waals surface area contributed by atoms with E-state index in [9.17, 15) is 4.39 Å². The summed E-state index contributed by atoms with van der Waals surface area (Å²) in [6.07, 6.45) is 0.835. The smallest absolute Gasteiger partial charge is 0.127 e. The lowest BCUT2D eigenvalue weighted by Crippen LogP contribution is -2.23. The summed E-state index contributed by atoms with van der Waals surface area (Å²) < 4.78 is 14.6. The molecule has 112 valence electrons. The molecule has 0 amide bonds. The first-order valence-electron chi connectivity index (χ1n) is 6.99. The number of benzene rings is 2. The summed E-state index contributed by atoms with van der Waals surface area (Å²) in [5.74, 6) is -0.152. The monoisotopic (exact) mass is 350 g/mol. The van der Waals surface area contributed by atoms with Crippen molar-refractivity contribution < 1.29 is 4.39 Å². The highest BCUT2D eigenvalue weighted by Gasteiger charge is 2.09. The minimum Gasteiger partial charge on any atom is -0.324 e. The van der Waals surface area contributed by atoms with Gasteiger partial charge in [-0.3, -0.25) is 0 Å². The molecule has 4 heteroatoms. The van der Waals surface area contributed by atoms with Gasteiger partial charge in [0.2, 0.25) is 0 Å². The van der Waals surface area contributed by atoms with E-state index in [1.54, 1.807) is 6.07 Å². The van der Waals surface area contributed by atoms with Gasteiger partial charge in [0.1, 0.15) is 5.82 Å². The van der Waals surface area contributed by atoms with Crippen molar-refractivity contribution in [2.45, 2.75) is 19.0 Å². The van der Waals surface area contributed by atoms with E-state index in [0.29, 0.717) is 6.54 Å². The van der Waals surface area contributed by atoms with Crippen LogP contribution >= 0.6 is 15.9 Å². The molecule has 0 spiro atoms. The molecule has 0 radical (unpaired) electrons. The standard InChI is InChI=1S/C17H20BrFN2/c1-21(12-14-5-2-3-8-16(14)19)10-9-17(20)13-6-4-7-15(18)11-13/h2-8,11,17H,9-10,12,20H2,1H3. The molecule has 0 saturated carbocycles. The molecule has 2 aromatic carbocycles. The molecule has 2 N–H and O–H groups in total. The average molecular weight is 351 g/mol. The predicted molar refractivity (Wildman–Crippen MR) is 88.4 cm³/mol. The van der Waals surface area contributed by atoms with Crippen LogP contribution in [0.4, 0.5) is 4.39 Å². The fourth-order valence-corrected chi connectivity index (χ4v) is 2.68. The molecular formula is C17H20BrFN2. The molecular weight excluding hydrogens is 331 g/mol. The second-order valence-electron chi connectivity index (χ2n) is 5.28. The van der Waals surface area contributed by atoms with Crippen molar-refractivity contribution in [3.05, 3.63) is 69.9 Å². The van der Waals surface area contributed by atoms with E-state index >= 15 is 0 Å². The average Bonchev–Trinajstić information content (AvgIpc) is 2.47. The number of hydrogen-bond donors (Lipinski definition) is 1. The highest BCUT2D eigenvalue weighted by molar-refractivity contribution is 9.10. The van der Waals surface area contributed by atoms with E-state index in [1.165, 1.54) is 6.07 Å². The van der Waals surface area contributed by atoms with E-state index < -0.39 is 0 Å². The van der Waals surface area contributed by atoms with Crippen LogP contribution in [0.25, 0.3) is 0 Å². The maximum Gasteiger partial charge on any atom is 0.127 e. The summed E-state index contributed by atoms with van der Waals surface area (Å²) in [5.41, 5.74) is 8.05. The molecule has 2 rings (SSSR count). The molecule has 2 aromatic rings. The summed E-state index contributed by atoms with van der Waals surface area (Å²) in [6.45, 7) is 1.42. The maximum atomic E-state index is 13.6. The van der Waals surface area contributed by atoms with Gasteiger partial charge >= 0.3 is 0 Å². The Morgan fingerprint density at radius 3 is 2.67 bits per heavy atom. The summed E-state index contributed by atoms with van der Waals surface area (Å²) in [5, 5.41) is 0. The van der Waals surface area contributed by atoms with Crippen LogP contribution in [0.15, 0.2) is 53.0 Å². The van der Waals surface area contributed by atoms with Gasteiger partial charge in [0.15, 0.2) is 0 Å². The zero-order chi connectivity index (χ0) is 15.2. The van der Waals surface area contributed by atoms with Crippen molar-refractivity contribution in [2.75, 3.05) is 13.6 Å². The number of halogens is 2. The van der Waals surface area contributed by atoms with Crippen molar-refractivity contribution in [1.82, 2.24) is 4.90 Å². The molecule has 0 heterocycles. The van der Waals surface area contributed by atoms with Crippen molar-refractivity contribution in [3.63, 3.8) is 0 Å². The van der Waals surface area contributed by atoms with Gasteiger partial charge in [-0.2, -0.15) is 0 Å². The van der Waals surface area contributed by atoms with E-state index in [4.69, 9.17) is 5.73 Å². The van der Waals surface area contributed by atoms with Crippen molar-refractivity contribution in [3.8, 4) is 0 Å². The lowest BCUT2D eigenvalue weighted by molar-refractivity contribution is 0.307. The highest BCUT2D eigenvalue weighted by Crippen LogP contribution is 2.19. The Bertz CT molecular complexity index is 589. The van der Waals surface area contributed by atoms with E-state index in [-0.39, 0.29) is 11.9 Å². The summed E-state index contributed by atoms with van der Waals surface area (Å²) in [7, 11) is 1.99. The topological polar surface area (TPSA) is 29.3 Å². The van der Waals surface area contributed by atoms with E-state index in [0.717, 1.165) is 28.6 Å². The highest BCUT2D eigenvalue weighted by atomic mass is 79.9. The van der Waals surface area contributed by atoms with Crippen LogP contribution in [0.3, 0.4) is 0 Å². The number of nitrogens with zero attached hydrogens (tertiary/aromatic N) is 1. The third-order valence-electron chi connectivity index (χ3n) is 3.50. The van der Waals surface area contributed by atoms with Gasteiger partial charge in [-0.15, -0.1) is 0 Å². The van der Waals surface area contributed by atoms with Crippen molar-refractivity contribution in [2.24, 2.45) is 5.73 Å². The number of rotatable bonds is 6. The Kier molecular flexibility index (Phi) is 5.91. The van der Waals surface area contributed by atoms with Gasteiger partial charge in [0.25, 0.3) is 0 Å². The van der Waals surface area contributed by atoms with Crippen molar-refractivity contribution in [1.29, 1.82) is 0 Å². The van der Waals surface area contributed by atoms with Gasteiger partial charge in [-0.25, -0.2) is 4.39 Å². The Morgan fingerprint density at radius 1 is 1.19 bits per heavy atom. The van der Waals surface area contributed by atoms with Crippen LogP contribution in [0.1, 0.15) is 23.6 Å². The molecule has 0 fully saturated rings. The molecule has 0 saturated heterocycles. The lowest BCUT2D eigenvalue weighted by Gasteiger charge is -2.20. The van der Waals surface area contributed by atoms with Crippen molar-refractivity contribution >= 4 is 15.9 Å². The van der Waals surface area contributed by atoms with Gasteiger partial charge in [0, 0.05) is 22.6 Å². The largest absolute Gasteiger partial charge is 0.324 e. The zero-order valence-corrected chi connectivity index (χ0v) is 13.7. The molecule has 2 nitrogen and oxygen atoms in total. The normalized spacial score (nSPS) is 12.6. The molecule has 0 bridgehead atoms. The molecule has 1 atom stereocenters. The molecule has 1 unspecified atom stereocenters. The molecule has 0 aliphatic heterocycles. The Hall–Kier alpha value is -1.23. The minimum absolute atomic E-state index is 0.00873. The fourth-order valence-electron chi connectivity index (χ4n) is 2.26. The van der Waals surface area contributed by atoms with Crippen LogP contribution in [0.2, 0.25) is 0 Å². The quantitative estimate of drug-likeness (QED) is 0.849. The minimum atomic E-state index is -0.152. The zero-order valence-electron chi connectivity index (χ0n) is 12.1. The van der Waals surface area contributed by atoms with Crippen LogP contribution < -0.4 is 5.73 Å². The SMILES string of the molecule is CN(CCC(N)c1cccc(Br)c1)Cc1ccccc1F. The third-order valence-corrected chi connectivity index (χ3v) is 3.99. The van der Waals surface area contributed by atoms with E-state index in [1.807, 2.05) is 43.4 Å². The first-order chi connectivity index (χ1) is 10.1. The Labute approximate surface area is 133 Å². The molecule has 21 heavy (non-hydrogen) atoms. The molecule has 0 aliphatic carbocycles. The third kappa shape index (κ3) is 4.92. The van der Waals surface area contributed by atoms with Crippen LogP contribution in [-0.4, -0.2) is 18.5 Å². The van der Waals surface area contributed by atoms with Crippen LogP contribution in [0.5, 0.6) is 0 Å². The maximum absolute atomic E-state index is 13.6. The first kappa shape index (κ1) is 16.1. The van der Waals surface area contributed by atoms with Gasteiger partial charge in [-0.05, 0) is 43.8 Å². The van der Waals surface area contributed by atoms with Crippen LogP contribution in [0, 0.1) is 5.82 Å². The van der Waals surface area contributed by atoms with Gasteiger partial charge < -0.3 is 10.6 Å². The molecule has 0 aromatic heterocycles.